The Kier molecular flexibility index (Phi) is 8.63. The molecule has 1 aromatic carbocycles. The number of ether oxygens (including phenoxy) is 2. The molecule has 1 atom stereocenters. The van der Waals surface area contributed by atoms with Crippen LogP contribution in [0, 0.1) is 0 Å². The second kappa shape index (κ2) is 12.7. The van der Waals surface area contributed by atoms with E-state index in [1.807, 2.05) is 46.8 Å². The standard InChI is InChI=1S/C33H36ClN5O4/c1-38-20-35-18-28(38)32(37-29(40)19-42-2)27-16-22-6-5-13-36-31(22)30(25-10-9-23(34)17-26(25)27)21-11-14-39(15-12-21)33(41)43-24-7-3-4-8-24/h5-6,9-10,13,16-18,20,24,32H,3-4,7-8,11-12,14-15,19H2,1-2H3,(H,37,40). The molecule has 1 saturated heterocycles. The molecule has 43 heavy (non-hydrogen) atoms. The number of aryl methyl sites for hydroxylation is 1. The predicted octanol–water partition coefficient (Wildman–Crippen LogP) is 5.80. The zero-order valence-electron chi connectivity index (χ0n) is 24.5. The first-order chi connectivity index (χ1) is 20.9. The number of rotatable bonds is 6. The van der Waals surface area contributed by atoms with Crippen molar-refractivity contribution in [2.45, 2.75) is 50.7 Å². The minimum Gasteiger partial charge on any atom is -0.446 e. The first kappa shape index (κ1) is 29.1. The molecule has 10 heteroatoms. The van der Waals surface area contributed by atoms with E-state index in [4.69, 9.17) is 26.1 Å². The van der Waals surface area contributed by atoms with Crippen LogP contribution in [-0.2, 0) is 21.3 Å². The lowest BCUT2D eigenvalue weighted by atomic mass is 9.86. The van der Waals surface area contributed by atoms with E-state index in [-0.39, 0.29) is 24.7 Å². The fourth-order valence-corrected chi connectivity index (χ4v) is 6.58. The lowest BCUT2D eigenvalue weighted by molar-refractivity contribution is -0.125. The van der Waals surface area contributed by atoms with Gasteiger partial charge in [0.2, 0.25) is 5.91 Å². The maximum Gasteiger partial charge on any atom is 0.410 e. The highest BCUT2D eigenvalue weighted by Gasteiger charge is 2.32. The van der Waals surface area contributed by atoms with Gasteiger partial charge in [-0.05, 0) is 79.5 Å². The van der Waals surface area contributed by atoms with Crippen LogP contribution in [0.25, 0.3) is 17.2 Å². The normalized spacial score (nSPS) is 17.6. The smallest absolute Gasteiger partial charge is 0.410 e. The number of fused-ring (bicyclic) bond motifs is 2. The number of piperidine rings is 1. The lowest BCUT2D eigenvalue weighted by Crippen LogP contribution is -2.38. The van der Waals surface area contributed by atoms with Crippen molar-refractivity contribution in [3.8, 4) is 0 Å². The number of amides is 2. The van der Waals surface area contributed by atoms with Gasteiger partial charge in [0.15, 0.2) is 0 Å². The summed E-state index contributed by atoms with van der Waals surface area (Å²) in [5.74, 6) is -0.246. The summed E-state index contributed by atoms with van der Waals surface area (Å²) in [6, 6.07) is 9.31. The first-order valence-corrected chi connectivity index (χ1v) is 15.2. The van der Waals surface area contributed by atoms with Gasteiger partial charge in [-0.25, -0.2) is 9.78 Å². The van der Waals surface area contributed by atoms with Gasteiger partial charge >= 0.3 is 6.09 Å². The van der Waals surface area contributed by atoms with Gasteiger partial charge in [-0.3, -0.25) is 9.78 Å². The van der Waals surface area contributed by atoms with Crippen LogP contribution in [0.4, 0.5) is 4.79 Å². The van der Waals surface area contributed by atoms with Crippen LogP contribution >= 0.6 is 11.6 Å². The second-order valence-electron chi connectivity index (χ2n) is 11.3. The van der Waals surface area contributed by atoms with Crippen LogP contribution in [0.3, 0.4) is 0 Å². The van der Waals surface area contributed by atoms with E-state index in [9.17, 15) is 9.59 Å². The third-order valence-corrected chi connectivity index (χ3v) is 8.77. The van der Waals surface area contributed by atoms with E-state index < -0.39 is 6.04 Å². The molecule has 2 amide bonds. The summed E-state index contributed by atoms with van der Waals surface area (Å²) >= 11 is 6.64. The predicted molar refractivity (Wildman–Crippen MR) is 165 cm³/mol. The van der Waals surface area contributed by atoms with Gasteiger partial charge in [-0.15, -0.1) is 0 Å². The average molecular weight is 602 g/mol. The van der Waals surface area contributed by atoms with Crippen LogP contribution in [0.5, 0.6) is 0 Å². The van der Waals surface area contributed by atoms with E-state index in [2.05, 4.69) is 16.4 Å². The number of aromatic nitrogens is 3. The highest BCUT2D eigenvalue weighted by molar-refractivity contribution is 6.31. The van der Waals surface area contributed by atoms with Gasteiger partial charge in [-0.1, -0.05) is 29.3 Å². The van der Waals surface area contributed by atoms with Crippen molar-refractivity contribution in [2.75, 3.05) is 26.8 Å². The van der Waals surface area contributed by atoms with Crippen LogP contribution in [0.2, 0.25) is 5.02 Å². The van der Waals surface area contributed by atoms with Crippen LogP contribution < -0.4 is 5.32 Å². The molecule has 0 bridgehead atoms. The maximum atomic E-state index is 12.9. The molecule has 1 N–H and O–H groups in total. The number of carbonyl (C=O) groups is 2. The van der Waals surface area contributed by atoms with Gasteiger partial charge in [0.25, 0.3) is 0 Å². The molecular formula is C33H36ClN5O4. The molecule has 2 aliphatic carbocycles. The minimum atomic E-state index is -0.531. The Morgan fingerprint density at radius 2 is 1.93 bits per heavy atom. The Morgan fingerprint density at radius 3 is 2.65 bits per heavy atom. The second-order valence-corrected chi connectivity index (χ2v) is 11.8. The van der Waals surface area contributed by atoms with Gasteiger partial charge in [0.05, 0.1) is 30.0 Å². The van der Waals surface area contributed by atoms with E-state index in [1.54, 1.807) is 18.7 Å². The molecule has 1 unspecified atom stereocenters. The minimum absolute atomic E-state index is 0.0445. The van der Waals surface area contributed by atoms with Crippen molar-refractivity contribution in [2.24, 2.45) is 7.05 Å². The molecule has 0 radical (unpaired) electrons. The summed E-state index contributed by atoms with van der Waals surface area (Å²) in [4.78, 5) is 36.9. The van der Waals surface area contributed by atoms with Gasteiger partial charge in [0.1, 0.15) is 12.7 Å². The quantitative estimate of drug-likeness (QED) is 0.383. The number of pyridine rings is 1. The van der Waals surface area contributed by atoms with Crippen molar-refractivity contribution in [3.05, 3.63) is 87.7 Å². The zero-order chi connectivity index (χ0) is 29.9. The average Bonchev–Trinajstić information content (AvgIpc) is 3.65. The monoisotopic (exact) mass is 601 g/mol. The number of imidazole rings is 1. The molecule has 9 nitrogen and oxygen atoms in total. The van der Waals surface area contributed by atoms with Crippen molar-refractivity contribution in [1.29, 1.82) is 0 Å². The Hall–Kier alpha value is -3.95. The Balaban J connectivity index is 1.42. The number of likely N-dealkylation sites (tertiary alicyclic amines) is 1. The van der Waals surface area contributed by atoms with Gasteiger partial charge in [-0.2, -0.15) is 0 Å². The van der Waals surface area contributed by atoms with Gasteiger partial charge < -0.3 is 24.3 Å². The molecule has 2 fully saturated rings. The Bertz CT molecular complexity index is 1580. The Morgan fingerprint density at radius 1 is 1.14 bits per heavy atom. The third kappa shape index (κ3) is 6.10. The number of benzene rings is 1. The fourth-order valence-electron chi connectivity index (χ4n) is 6.41. The Labute approximate surface area is 256 Å². The summed E-state index contributed by atoms with van der Waals surface area (Å²) in [6.07, 6.45) is 12.8. The number of nitrogens with one attached hydrogen (secondary N) is 1. The number of methoxy groups -OCH3 is 1. The van der Waals surface area contributed by atoms with E-state index in [0.29, 0.717) is 31.0 Å². The molecule has 1 saturated carbocycles. The van der Waals surface area contributed by atoms with E-state index in [0.717, 1.165) is 64.9 Å². The topological polar surface area (TPSA) is 98.6 Å². The van der Waals surface area contributed by atoms with Crippen molar-refractivity contribution in [1.82, 2.24) is 24.8 Å². The molecule has 3 aromatic rings. The first-order valence-electron chi connectivity index (χ1n) is 14.8. The number of hydrogen-bond acceptors (Lipinski definition) is 6. The molecule has 3 heterocycles. The third-order valence-electron chi connectivity index (χ3n) is 8.54. The van der Waals surface area contributed by atoms with E-state index in [1.165, 1.54) is 12.7 Å². The molecule has 6 rings (SSSR count). The summed E-state index contributed by atoms with van der Waals surface area (Å²) in [7, 11) is 3.40. The lowest BCUT2D eigenvalue weighted by Gasteiger charge is -2.31. The van der Waals surface area contributed by atoms with Crippen LogP contribution in [0.1, 0.15) is 72.6 Å². The zero-order valence-corrected chi connectivity index (χ0v) is 25.3. The summed E-state index contributed by atoms with van der Waals surface area (Å²) in [5.41, 5.74) is 7.64. The van der Waals surface area contributed by atoms with Crippen molar-refractivity contribution < 1.29 is 19.1 Å². The number of carbonyl (C=O) groups excluding carboxylic acids is 2. The highest BCUT2D eigenvalue weighted by Crippen LogP contribution is 2.44. The SMILES string of the molecule is COCC(=O)NC(C1=Cc2cccnc2C(=C2CCN(C(=O)OC3CCCC3)CC2)c2ccc(Cl)cc21)c1cncn1C. The summed E-state index contributed by atoms with van der Waals surface area (Å²) < 4.78 is 12.8. The highest BCUT2D eigenvalue weighted by atomic mass is 35.5. The molecule has 224 valence electrons. The summed E-state index contributed by atoms with van der Waals surface area (Å²) in [6.45, 7) is 1.10. The molecule has 3 aliphatic rings. The van der Waals surface area contributed by atoms with Crippen molar-refractivity contribution >= 4 is 40.8 Å². The maximum absolute atomic E-state index is 12.9. The summed E-state index contributed by atoms with van der Waals surface area (Å²) in [5, 5.41) is 3.75. The fraction of sp³-hybridized carbons (Fsp3) is 0.394. The van der Waals surface area contributed by atoms with E-state index >= 15 is 0 Å². The number of hydrogen-bond donors (Lipinski definition) is 1. The molecule has 2 aromatic heterocycles. The number of halogens is 1. The molecular weight excluding hydrogens is 566 g/mol. The molecule has 1 aliphatic heterocycles. The number of nitrogens with zero attached hydrogens (tertiary/aromatic N) is 4. The largest absolute Gasteiger partial charge is 0.446 e. The van der Waals surface area contributed by atoms with Crippen LogP contribution in [-0.4, -0.2) is 64.3 Å². The van der Waals surface area contributed by atoms with Gasteiger partial charge in [0, 0.05) is 49.6 Å². The van der Waals surface area contributed by atoms with Crippen LogP contribution in [0.15, 0.2) is 54.6 Å². The molecule has 0 spiro atoms. The van der Waals surface area contributed by atoms with Crippen molar-refractivity contribution in [3.63, 3.8) is 0 Å².